The smallest absolute Gasteiger partial charge is 0.143 e. The summed E-state index contributed by atoms with van der Waals surface area (Å²) in [5.74, 6) is 0.157. The van der Waals surface area contributed by atoms with E-state index in [-0.39, 0.29) is 5.75 Å². The lowest BCUT2D eigenvalue weighted by Crippen LogP contribution is -2.29. The lowest BCUT2D eigenvalue weighted by atomic mass is 10.0. The molecule has 0 radical (unpaired) electrons. The highest BCUT2D eigenvalue weighted by molar-refractivity contribution is 9.11. The Hall–Kier alpha value is -1.98. The van der Waals surface area contributed by atoms with Crippen molar-refractivity contribution in [1.82, 2.24) is 4.90 Å². The molecule has 0 aliphatic carbocycles. The predicted molar refractivity (Wildman–Crippen MR) is 124 cm³/mol. The van der Waals surface area contributed by atoms with Crippen LogP contribution in [0.15, 0.2) is 56.4 Å². The molecule has 0 atom stereocenters. The van der Waals surface area contributed by atoms with Crippen LogP contribution >= 0.6 is 43.2 Å². The number of aliphatic imine (C=N–C) groups is 1. The van der Waals surface area contributed by atoms with Gasteiger partial charge >= 0.3 is 0 Å². The first kappa shape index (κ1) is 20.3. The molecule has 4 nitrogen and oxygen atoms in total. The van der Waals surface area contributed by atoms with Gasteiger partial charge in [-0.3, -0.25) is 4.90 Å². The summed E-state index contributed by atoms with van der Waals surface area (Å²) < 4.78 is 1.19. The predicted octanol–water partition coefficient (Wildman–Crippen LogP) is 6.16. The number of rotatable bonds is 4. The average Bonchev–Trinajstić information content (AvgIpc) is 3.07. The van der Waals surface area contributed by atoms with E-state index in [1.807, 2.05) is 6.07 Å². The van der Waals surface area contributed by atoms with Crippen LogP contribution in [0.3, 0.4) is 0 Å². The van der Waals surface area contributed by atoms with Crippen molar-refractivity contribution in [3.63, 3.8) is 0 Å². The van der Waals surface area contributed by atoms with Gasteiger partial charge < -0.3 is 5.11 Å². The fourth-order valence-electron chi connectivity index (χ4n) is 3.42. The van der Waals surface area contributed by atoms with Crippen LogP contribution < -0.4 is 0 Å². The number of nitriles is 1. The third-order valence-electron chi connectivity index (χ3n) is 4.85. The van der Waals surface area contributed by atoms with Crippen LogP contribution in [0.2, 0.25) is 0 Å². The Morgan fingerprint density at radius 2 is 1.93 bits per heavy atom. The van der Waals surface area contributed by atoms with Crippen LogP contribution in [-0.2, 0) is 19.5 Å². The molecule has 0 saturated heterocycles. The van der Waals surface area contributed by atoms with Crippen LogP contribution in [0, 0.1) is 11.3 Å². The molecule has 7 heteroatoms. The summed E-state index contributed by atoms with van der Waals surface area (Å²) in [5, 5.41) is 20.3. The van der Waals surface area contributed by atoms with Crippen molar-refractivity contribution in [1.29, 1.82) is 5.26 Å². The molecule has 1 N–H and O–H groups in total. The Morgan fingerprint density at radius 1 is 1.21 bits per heavy atom. The van der Waals surface area contributed by atoms with Gasteiger partial charge in [0.25, 0.3) is 0 Å². The molecule has 1 aromatic heterocycles. The number of hydrogen-bond donors (Lipinski definition) is 1. The first-order valence-corrected chi connectivity index (χ1v) is 11.5. The molecule has 0 unspecified atom stereocenters. The lowest BCUT2D eigenvalue weighted by molar-refractivity contribution is 0.249. The highest BCUT2D eigenvalue weighted by atomic mass is 79.9. The van der Waals surface area contributed by atoms with Gasteiger partial charge in [0, 0.05) is 30.7 Å². The van der Waals surface area contributed by atoms with Gasteiger partial charge in [-0.25, -0.2) is 4.99 Å². The summed E-state index contributed by atoms with van der Waals surface area (Å²) in [4.78, 5) is 8.24. The minimum Gasteiger partial charge on any atom is -0.506 e. The summed E-state index contributed by atoms with van der Waals surface area (Å²) in [6.45, 7) is 2.69. The minimum atomic E-state index is 0.157. The van der Waals surface area contributed by atoms with Crippen molar-refractivity contribution in [3.05, 3.63) is 78.5 Å². The summed E-state index contributed by atoms with van der Waals surface area (Å²) >= 11 is 8.27. The largest absolute Gasteiger partial charge is 0.506 e. The second-order valence-electron chi connectivity index (χ2n) is 6.83. The molecule has 0 amide bonds. The number of hydrogen-bond acceptors (Lipinski definition) is 5. The van der Waals surface area contributed by atoms with Gasteiger partial charge in [0.2, 0.25) is 0 Å². The van der Waals surface area contributed by atoms with E-state index in [0.717, 1.165) is 42.2 Å². The molecular formula is C22H17Br2N3OS. The van der Waals surface area contributed by atoms with Gasteiger partial charge in [0.1, 0.15) is 16.8 Å². The summed E-state index contributed by atoms with van der Waals surface area (Å²) in [7, 11) is 0. The number of fused-ring (bicyclic) bond motifs is 1. The van der Waals surface area contributed by atoms with Crippen molar-refractivity contribution in [3.8, 4) is 11.8 Å². The average molecular weight is 531 g/mol. The number of halogens is 2. The summed E-state index contributed by atoms with van der Waals surface area (Å²) in [6.07, 6.45) is 2.60. The van der Waals surface area contributed by atoms with E-state index < -0.39 is 0 Å². The van der Waals surface area contributed by atoms with E-state index in [9.17, 15) is 10.4 Å². The molecular weight excluding hydrogens is 514 g/mol. The number of nitrogens with zero attached hydrogens (tertiary/aromatic N) is 3. The van der Waals surface area contributed by atoms with Gasteiger partial charge in [0.05, 0.1) is 14.5 Å². The summed E-state index contributed by atoms with van der Waals surface area (Å²) in [6, 6.07) is 16.4. The van der Waals surface area contributed by atoms with Crippen molar-refractivity contribution in [2.45, 2.75) is 19.5 Å². The molecule has 29 heavy (non-hydrogen) atoms. The van der Waals surface area contributed by atoms with Gasteiger partial charge in [-0.1, -0.05) is 30.3 Å². The van der Waals surface area contributed by atoms with Crippen LogP contribution in [0.5, 0.6) is 5.75 Å². The highest BCUT2D eigenvalue weighted by Crippen LogP contribution is 2.39. The van der Waals surface area contributed by atoms with Gasteiger partial charge in [-0.05, 0) is 67.1 Å². The second kappa shape index (κ2) is 8.80. The Kier molecular flexibility index (Phi) is 6.16. The van der Waals surface area contributed by atoms with Crippen LogP contribution in [0.1, 0.15) is 27.1 Å². The Bertz CT molecular complexity index is 1100. The molecule has 0 fully saturated rings. The fraction of sp³-hybridized carbons (Fsp3) is 0.182. The van der Waals surface area contributed by atoms with Crippen LogP contribution in [-0.4, -0.2) is 22.8 Å². The maximum atomic E-state index is 9.86. The third-order valence-corrected chi connectivity index (χ3v) is 7.18. The summed E-state index contributed by atoms with van der Waals surface area (Å²) in [5.41, 5.74) is 3.97. The molecule has 4 rings (SSSR count). The van der Waals surface area contributed by atoms with Gasteiger partial charge in [0.15, 0.2) is 0 Å². The normalized spacial score (nSPS) is 14.1. The van der Waals surface area contributed by atoms with E-state index in [2.05, 4.69) is 72.1 Å². The lowest BCUT2D eigenvalue weighted by Gasteiger charge is -2.26. The zero-order valence-electron chi connectivity index (χ0n) is 15.4. The number of benzene rings is 2. The standard InChI is InChI=1S/C22H17Br2N3OS/c23-18-8-15(9-19(24)21(18)28)11-26-22-17(10-25)16-6-7-27(13-20(16)29-22)12-14-4-2-1-3-5-14/h1-5,8-9,11,28H,6-7,12-13H2. The van der Waals surface area contributed by atoms with Gasteiger partial charge in [-0.2, -0.15) is 5.26 Å². The SMILES string of the molecule is N#Cc1c(N=Cc2cc(Br)c(O)c(Br)c2)sc2c1CCN(Cc1ccccc1)C2. The molecule has 2 heterocycles. The van der Waals surface area contributed by atoms with Crippen molar-refractivity contribution < 1.29 is 5.11 Å². The molecule has 146 valence electrons. The number of phenolic OH excluding ortho intramolecular Hbond substituents is 1. The van der Waals surface area contributed by atoms with E-state index in [1.165, 1.54) is 10.4 Å². The van der Waals surface area contributed by atoms with Crippen molar-refractivity contribution in [2.75, 3.05) is 6.54 Å². The van der Waals surface area contributed by atoms with E-state index in [0.29, 0.717) is 14.5 Å². The molecule has 3 aromatic rings. The Labute approximate surface area is 190 Å². The molecule has 0 saturated carbocycles. The maximum absolute atomic E-state index is 9.86. The fourth-order valence-corrected chi connectivity index (χ4v) is 5.82. The Morgan fingerprint density at radius 3 is 2.62 bits per heavy atom. The molecule has 0 spiro atoms. The monoisotopic (exact) mass is 529 g/mol. The van der Waals surface area contributed by atoms with Gasteiger partial charge in [-0.15, -0.1) is 11.3 Å². The highest BCUT2D eigenvalue weighted by Gasteiger charge is 2.24. The zero-order valence-corrected chi connectivity index (χ0v) is 19.4. The second-order valence-corrected chi connectivity index (χ2v) is 9.63. The van der Waals surface area contributed by atoms with Crippen molar-refractivity contribution in [2.24, 2.45) is 4.99 Å². The van der Waals surface area contributed by atoms with E-state index >= 15 is 0 Å². The topological polar surface area (TPSA) is 59.6 Å². The first-order chi connectivity index (χ1) is 14.0. The molecule has 1 aliphatic heterocycles. The quantitative estimate of drug-likeness (QED) is 0.411. The first-order valence-electron chi connectivity index (χ1n) is 9.08. The van der Waals surface area contributed by atoms with Crippen molar-refractivity contribution >= 4 is 54.4 Å². The number of thiophene rings is 1. The molecule has 2 aromatic carbocycles. The number of aromatic hydroxyl groups is 1. The zero-order chi connectivity index (χ0) is 20.4. The third kappa shape index (κ3) is 4.46. The van der Waals surface area contributed by atoms with Crippen LogP contribution in [0.25, 0.3) is 0 Å². The molecule has 1 aliphatic rings. The molecule has 0 bridgehead atoms. The Balaban J connectivity index is 1.57. The number of phenols is 1. The van der Waals surface area contributed by atoms with Crippen LogP contribution in [0.4, 0.5) is 5.00 Å². The van der Waals surface area contributed by atoms with E-state index in [1.54, 1.807) is 29.7 Å². The van der Waals surface area contributed by atoms with E-state index in [4.69, 9.17) is 0 Å². The maximum Gasteiger partial charge on any atom is 0.143 e. The minimum absolute atomic E-state index is 0.157.